The molecular weight excluding hydrogens is 261 g/mol. The van der Waals surface area contributed by atoms with Crippen LogP contribution in [0.4, 0.5) is 9.59 Å². The molecule has 0 aromatic heterocycles. The molecule has 0 aliphatic carbocycles. The topological polar surface area (TPSA) is 43.9 Å². The van der Waals surface area contributed by atoms with Gasteiger partial charge in [0, 0.05) is 26.4 Å². The number of amides is 4. The first-order valence-electron chi connectivity index (χ1n) is 6.01. The summed E-state index contributed by atoms with van der Waals surface area (Å²) in [6, 6.07) is 5.61. The summed E-state index contributed by atoms with van der Waals surface area (Å²) in [5.74, 6) is 0. The van der Waals surface area contributed by atoms with E-state index in [1.807, 2.05) is 26.0 Å². The third kappa shape index (κ3) is 2.19. The molecule has 19 heavy (non-hydrogen) atoms. The average molecular weight is 279 g/mol. The van der Waals surface area contributed by atoms with E-state index in [1.54, 1.807) is 23.4 Å². The first-order chi connectivity index (χ1) is 8.84. The number of nitrogens with zero attached hydrogens (tertiary/aromatic N) is 3. The van der Waals surface area contributed by atoms with Crippen molar-refractivity contribution in [3.8, 4) is 0 Å². The molecular formula is C13H18N3O2P. The molecule has 1 aliphatic heterocycles. The van der Waals surface area contributed by atoms with Crippen molar-refractivity contribution in [2.45, 2.75) is 13.8 Å². The zero-order valence-electron chi connectivity index (χ0n) is 11.8. The highest BCUT2D eigenvalue weighted by atomic mass is 31.1. The lowest BCUT2D eigenvalue weighted by molar-refractivity contribution is 0.169. The van der Waals surface area contributed by atoms with Gasteiger partial charge < -0.3 is 0 Å². The molecule has 0 unspecified atom stereocenters. The van der Waals surface area contributed by atoms with E-state index in [-0.39, 0.29) is 12.1 Å². The van der Waals surface area contributed by atoms with Gasteiger partial charge in [-0.1, -0.05) is 17.7 Å². The zero-order valence-corrected chi connectivity index (χ0v) is 12.7. The monoisotopic (exact) mass is 279 g/mol. The van der Waals surface area contributed by atoms with Crippen molar-refractivity contribution in [3.63, 3.8) is 0 Å². The van der Waals surface area contributed by atoms with Crippen LogP contribution in [0.15, 0.2) is 18.2 Å². The van der Waals surface area contributed by atoms with Gasteiger partial charge in [-0.2, -0.15) is 0 Å². The Morgan fingerprint density at radius 2 is 1.47 bits per heavy atom. The van der Waals surface area contributed by atoms with E-state index in [4.69, 9.17) is 0 Å². The molecule has 1 heterocycles. The maximum Gasteiger partial charge on any atom is 0.332 e. The third-order valence-electron chi connectivity index (χ3n) is 3.28. The van der Waals surface area contributed by atoms with Crippen LogP contribution in [-0.2, 0) is 0 Å². The second kappa shape index (κ2) is 4.82. The second-order valence-corrected chi connectivity index (χ2v) is 7.01. The highest BCUT2D eigenvalue weighted by Crippen LogP contribution is 2.46. The van der Waals surface area contributed by atoms with Crippen molar-refractivity contribution in [2.75, 3.05) is 21.1 Å². The Hall–Kier alpha value is -1.61. The van der Waals surface area contributed by atoms with Crippen LogP contribution in [-0.4, -0.2) is 47.4 Å². The van der Waals surface area contributed by atoms with Crippen LogP contribution in [0, 0.1) is 13.8 Å². The third-order valence-corrected chi connectivity index (χ3v) is 5.67. The number of hydrogen-bond acceptors (Lipinski definition) is 2. The molecule has 1 fully saturated rings. The molecule has 5 nitrogen and oxygen atoms in total. The maximum absolute atomic E-state index is 12.1. The van der Waals surface area contributed by atoms with Gasteiger partial charge in [0.2, 0.25) is 0 Å². The standard InChI is InChI=1S/C13H18N3O2P/c1-9-6-7-10(2)11(8-9)19-15(4)12(17)14(3)13(18)16(19)5/h6-8H,1-5H3. The summed E-state index contributed by atoms with van der Waals surface area (Å²) in [5.41, 5.74) is 2.23. The molecule has 1 saturated heterocycles. The Labute approximate surface area is 114 Å². The van der Waals surface area contributed by atoms with Gasteiger partial charge in [-0.25, -0.2) is 14.5 Å². The van der Waals surface area contributed by atoms with Crippen LogP contribution in [0.1, 0.15) is 11.1 Å². The Kier molecular flexibility index (Phi) is 3.50. The predicted octanol–water partition coefficient (Wildman–Crippen LogP) is 2.29. The van der Waals surface area contributed by atoms with Crippen LogP contribution in [0.5, 0.6) is 0 Å². The molecule has 0 bridgehead atoms. The fourth-order valence-electron chi connectivity index (χ4n) is 2.14. The number of urea groups is 2. The van der Waals surface area contributed by atoms with Crippen LogP contribution in [0.3, 0.4) is 0 Å². The number of imide groups is 1. The molecule has 1 aromatic rings. The number of rotatable bonds is 1. The van der Waals surface area contributed by atoms with Crippen molar-refractivity contribution >= 4 is 25.6 Å². The first kappa shape index (κ1) is 13.8. The lowest BCUT2D eigenvalue weighted by Gasteiger charge is -2.42. The summed E-state index contributed by atoms with van der Waals surface area (Å²) >= 11 is 0. The van der Waals surface area contributed by atoms with E-state index in [0.717, 1.165) is 21.3 Å². The van der Waals surface area contributed by atoms with Crippen molar-refractivity contribution in [3.05, 3.63) is 29.3 Å². The average Bonchev–Trinajstić information content (AvgIpc) is 2.38. The van der Waals surface area contributed by atoms with Crippen molar-refractivity contribution in [1.29, 1.82) is 0 Å². The highest BCUT2D eigenvalue weighted by molar-refractivity contribution is 7.62. The van der Waals surface area contributed by atoms with Crippen LogP contribution in [0.2, 0.25) is 0 Å². The van der Waals surface area contributed by atoms with Gasteiger partial charge in [0.1, 0.15) is 8.22 Å². The Morgan fingerprint density at radius 1 is 0.947 bits per heavy atom. The van der Waals surface area contributed by atoms with Gasteiger partial charge in [0.15, 0.2) is 0 Å². The van der Waals surface area contributed by atoms with Crippen LogP contribution in [0.25, 0.3) is 0 Å². The van der Waals surface area contributed by atoms with Gasteiger partial charge in [-0.15, -0.1) is 0 Å². The van der Waals surface area contributed by atoms with Crippen LogP contribution < -0.4 is 5.30 Å². The van der Waals surface area contributed by atoms with Gasteiger partial charge in [-0.3, -0.25) is 9.34 Å². The number of benzene rings is 1. The number of carbonyl (C=O) groups excluding carboxylic acids is 2. The van der Waals surface area contributed by atoms with Crippen molar-refractivity contribution < 1.29 is 9.59 Å². The SMILES string of the molecule is Cc1ccc(C)c(P2N(C)C(=O)N(C)C(=O)N2C)c1. The van der Waals surface area contributed by atoms with Gasteiger partial charge >= 0.3 is 12.1 Å². The molecule has 0 N–H and O–H groups in total. The molecule has 1 aliphatic rings. The fraction of sp³-hybridized carbons (Fsp3) is 0.385. The van der Waals surface area contributed by atoms with E-state index >= 15 is 0 Å². The zero-order chi connectivity index (χ0) is 14.3. The molecule has 0 atom stereocenters. The molecule has 4 amide bonds. The van der Waals surface area contributed by atoms with Crippen molar-refractivity contribution in [1.82, 2.24) is 14.2 Å². The molecule has 0 saturated carbocycles. The largest absolute Gasteiger partial charge is 0.332 e. The summed E-state index contributed by atoms with van der Waals surface area (Å²) in [6.07, 6.45) is 0. The summed E-state index contributed by atoms with van der Waals surface area (Å²) in [6.45, 7) is 4.02. The number of carbonyl (C=O) groups is 2. The molecule has 1 aromatic carbocycles. The summed E-state index contributed by atoms with van der Waals surface area (Å²) in [7, 11) is 3.89. The van der Waals surface area contributed by atoms with E-state index in [0.29, 0.717) is 0 Å². The highest BCUT2D eigenvalue weighted by Gasteiger charge is 2.40. The normalized spacial score (nSPS) is 17.4. The first-order valence-corrected chi connectivity index (χ1v) is 7.25. The summed E-state index contributed by atoms with van der Waals surface area (Å²) in [4.78, 5) is 25.3. The minimum atomic E-state index is -1.11. The van der Waals surface area contributed by atoms with Gasteiger partial charge in [-0.05, 0) is 25.5 Å². The van der Waals surface area contributed by atoms with Crippen LogP contribution >= 0.6 is 8.22 Å². The van der Waals surface area contributed by atoms with Crippen molar-refractivity contribution in [2.24, 2.45) is 0 Å². The summed E-state index contributed by atoms with van der Waals surface area (Å²) in [5, 5.41) is 1.05. The van der Waals surface area contributed by atoms with Gasteiger partial charge in [0.25, 0.3) is 0 Å². The summed E-state index contributed by atoms with van der Waals surface area (Å²) < 4.78 is 3.30. The second-order valence-electron chi connectivity index (χ2n) is 4.75. The quantitative estimate of drug-likeness (QED) is 0.740. The smallest absolute Gasteiger partial charge is 0.285 e. The fourth-order valence-corrected chi connectivity index (χ4v) is 4.49. The minimum Gasteiger partial charge on any atom is -0.285 e. The predicted molar refractivity (Wildman–Crippen MR) is 76.6 cm³/mol. The van der Waals surface area contributed by atoms with Gasteiger partial charge in [0.05, 0.1) is 0 Å². The van der Waals surface area contributed by atoms with E-state index < -0.39 is 8.22 Å². The molecule has 0 spiro atoms. The molecule has 0 radical (unpaired) electrons. The Morgan fingerprint density at radius 3 is 2.00 bits per heavy atom. The maximum atomic E-state index is 12.1. The van der Waals surface area contributed by atoms with E-state index in [9.17, 15) is 9.59 Å². The lowest BCUT2D eigenvalue weighted by Crippen LogP contribution is -2.53. The molecule has 2 rings (SSSR count). The molecule has 102 valence electrons. The number of hydrogen-bond donors (Lipinski definition) is 0. The van der Waals surface area contributed by atoms with E-state index in [2.05, 4.69) is 6.07 Å². The minimum absolute atomic E-state index is 0.255. The van der Waals surface area contributed by atoms with E-state index in [1.165, 1.54) is 7.05 Å². The Balaban J connectivity index is 2.50. The Bertz CT molecular complexity index is 525. The lowest BCUT2D eigenvalue weighted by atomic mass is 10.2. The molecule has 6 heteroatoms. The number of aryl methyl sites for hydroxylation is 2.